The molecular weight excluding hydrogens is 192 g/mol. The van der Waals surface area contributed by atoms with E-state index in [0.29, 0.717) is 18.4 Å². The summed E-state index contributed by atoms with van der Waals surface area (Å²) >= 11 is 0. The van der Waals surface area contributed by atoms with Gasteiger partial charge in [-0.1, -0.05) is 19.9 Å². The van der Waals surface area contributed by atoms with E-state index in [2.05, 4.69) is 18.8 Å². The van der Waals surface area contributed by atoms with Crippen molar-refractivity contribution in [3.8, 4) is 5.88 Å². The predicted molar refractivity (Wildman–Crippen MR) is 58.6 cm³/mol. The molecule has 15 heavy (non-hydrogen) atoms. The van der Waals surface area contributed by atoms with E-state index < -0.39 is 6.04 Å². The zero-order valence-corrected chi connectivity index (χ0v) is 9.18. The van der Waals surface area contributed by atoms with Gasteiger partial charge in [0.25, 0.3) is 0 Å². The van der Waals surface area contributed by atoms with E-state index >= 15 is 0 Å². The van der Waals surface area contributed by atoms with Crippen LogP contribution in [0.5, 0.6) is 5.88 Å². The Morgan fingerprint density at radius 1 is 1.53 bits per heavy atom. The predicted octanol–water partition coefficient (Wildman–Crippen LogP) is 1.11. The van der Waals surface area contributed by atoms with Gasteiger partial charge >= 0.3 is 0 Å². The molecule has 0 saturated carbocycles. The summed E-state index contributed by atoms with van der Waals surface area (Å²) in [5.74, 6) is 0.956. The monoisotopic (exact) mass is 210 g/mol. The molecule has 4 nitrogen and oxygen atoms in total. The maximum absolute atomic E-state index is 8.98. The molecule has 1 atom stereocenters. The number of aromatic nitrogens is 1. The van der Waals surface area contributed by atoms with Gasteiger partial charge in [0.1, 0.15) is 0 Å². The quantitative estimate of drug-likeness (QED) is 0.764. The van der Waals surface area contributed by atoms with Gasteiger partial charge in [0.15, 0.2) is 0 Å². The summed E-state index contributed by atoms with van der Waals surface area (Å²) in [5, 5.41) is 8.98. The lowest BCUT2D eigenvalue weighted by Crippen LogP contribution is -2.17. The second-order valence-corrected chi connectivity index (χ2v) is 3.89. The third-order valence-electron chi connectivity index (χ3n) is 1.95. The van der Waals surface area contributed by atoms with Gasteiger partial charge in [0, 0.05) is 11.8 Å². The van der Waals surface area contributed by atoms with Gasteiger partial charge in [0.2, 0.25) is 5.88 Å². The van der Waals surface area contributed by atoms with Crippen LogP contribution in [0.1, 0.15) is 25.5 Å². The average Bonchev–Trinajstić information content (AvgIpc) is 2.25. The maximum atomic E-state index is 8.98. The van der Waals surface area contributed by atoms with E-state index in [1.807, 2.05) is 6.07 Å². The molecular formula is C11H18N2O2. The lowest BCUT2D eigenvalue weighted by Gasteiger charge is -2.14. The number of hydrogen-bond donors (Lipinski definition) is 2. The minimum absolute atomic E-state index is 0.107. The first-order chi connectivity index (χ1) is 7.15. The molecule has 0 aliphatic rings. The average molecular weight is 210 g/mol. The van der Waals surface area contributed by atoms with Crippen LogP contribution >= 0.6 is 0 Å². The molecule has 0 bridgehead atoms. The van der Waals surface area contributed by atoms with Gasteiger partial charge in [-0.05, 0) is 12.0 Å². The van der Waals surface area contributed by atoms with Crippen LogP contribution in [0.25, 0.3) is 0 Å². The Bertz CT molecular complexity index is 302. The Morgan fingerprint density at radius 2 is 2.27 bits per heavy atom. The summed E-state index contributed by atoms with van der Waals surface area (Å²) in [7, 11) is 0. The highest BCUT2D eigenvalue weighted by Crippen LogP contribution is 2.20. The lowest BCUT2D eigenvalue weighted by molar-refractivity contribution is 0.242. The molecule has 1 rings (SSSR count). The first kappa shape index (κ1) is 11.9. The molecule has 0 fully saturated rings. The van der Waals surface area contributed by atoms with E-state index in [1.54, 1.807) is 12.3 Å². The van der Waals surface area contributed by atoms with Crippen molar-refractivity contribution >= 4 is 0 Å². The van der Waals surface area contributed by atoms with Crippen molar-refractivity contribution in [3.05, 3.63) is 23.9 Å². The molecule has 1 aromatic rings. The first-order valence-corrected chi connectivity index (χ1v) is 5.09. The summed E-state index contributed by atoms with van der Waals surface area (Å²) < 4.78 is 5.52. The summed E-state index contributed by atoms with van der Waals surface area (Å²) in [5.41, 5.74) is 6.48. The van der Waals surface area contributed by atoms with Gasteiger partial charge < -0.3 is 15.6 Å². The second-order valence-electron chi connectivity index (χ2n) is 3.89. The molecule has 0 aliphatic carbocycles. The number of nitrogens with two attached hydrogens (primary N) is 1. The van der Waals surface area contributed by atoms with Crippen LogP contribution in [0.3, 0.4) is 0 Å². The van der Waals surface area contributed by atoms with Crippen LogP contribution in [0, 0.1) is 5.92 Å². The molecule has 0 saturated heterocycles. The van der Waals surface area contributed by atoms with E-state index in [-0.39, 0.29) is 6.61 Å². The summed E-state index contributed by atoms with van der Waals surface area (Å²) in [6, 6.07) is 3.18. The Labute approximate surface area is 90.1 Å². The van der Waals surface area contributed by atoms with Crippen LogP contribution < -0.4 is 10.5 Å². The van der Waals surface area contributed by atoms with E-state index in [1.165, 1.54) is 0 Å². The smallest absolute Gasteiger partial charge is 0.218 e. The van der Waals surface area contributed by atoms with Gasteiger partial charge in [-0.15, -0.1) is 0 Å². The van der Waals surface area contributed by atoms with Gasteiger partial charge in [-0.3, -0.25) is 0 Å². The van der Waals surface area contributed by atoms with E-state index in [9.17, 15) is 0 Å². The zero-order valence-electron chi connectivity index (χ0n) is 9.18. The highest BCUT2D eigenvalue weighted by Gasteiger charge is 2.12. The SMILES string of the molecule is CC(C)COc1ncccc1C(N)CO. The van der Waals surface area contributed by atoms with E-state index in [0.717, 1.165) is 5.56 Å². The minimum Gasteiger partial charge on any atom is -0.477 e. The lowest BCUT2D eigenvalue weighted by atomic mass is 10.1. The molecule has 1 unspecified atom stereocenters. The summed E-state index contributed by atoms with van der Waals surface area (Å²) in [6.07, 6.45) is 1.66. The topological polar surface area (TPSA) is 68.4 Å². The zero-order chi connectivity index (χ0) is 11.3. The molecule has 1 heterocycles. The molecule has 0 amide bonds. The number of ether oxygens (including phenoxy) is 1. The Morgan fingerprint density at radius 3 is 2.87 bits per heavy atom. The number of hydrogen-bond acceptors (Lipinski definition) is 4. The molecule has 0 radical (unpaired) electrons. The highest BCUT2D eigenvalue weighted by atomic mass is 16.5. The molecule has 4 heteroatoms. The fourth-order valence-electron chi connectivity index (χ4n) is 1.15. The number of aliphatic hydroxyl groups is 1. The second kappa shape index (κ2) is 5.68. The van der Waals surface area contributed by atoms with Crippen molar-refractivity contribution in [1.29, 1.82) is 0 Å². The Balaban J connectivity index is 2.77. The Kier molecular flexibility index (Phi) is 4.52. The van der Waals surface area contributed by atoms with Crippen LogP contribution in [0.15, 0.2) is 18.3 Å². The summed E-state index contributed by atoms with van der Waals surface area (Å²) in [6.45, 7) is 4.62. The standard InChI is InChI=1S/C11H18N2O2/c1-8(2)7-15-11-9(10(12)6-14)4-3-5-13-11/h3-5,8,10,14H,6-7,12H2,1-2H3. The largest absolute Gasteiger partial charge is 0.477 e. The molecule has 1 aromatic heterocycles. The van der Waals surface area contributed by atoms with Crippen LogP contribution in [0.2, 0.25) is 0 Å². The van der Waals surface area contributed by atoms with Gasteiger partial charge in [-0.25, -0.2) is 4.98 Å². The van der Waals surface area contributed by atoms with Crippen molar-refractivity contribution in [2.75, 3.05) is 13.2 Å². The minimum atomic E-state index is -0.430. The van der Waals surface area contributed by atoms with Crippen molar-refractivity contribution in [2.24, 2.45) is 11.7 Å². The highest BCUT2D eigenvalue weighted by molar-refractivity contribution is 5.28. The number of rotatable bonds is 5. The van der Waals surface area contributed by atoms with E-state index in [4.69, 9.17) is 15.6 Å². The van der Waals surface area contributed by atoms with Crippen molar-refractivity contribution < 1.29 is 9.84 Å². The van der Waals surface area contributed by atoms with Gasteiger partial charge in [-0.2, -0.15) is 0 Å². The first-order valence-electron chi connectivity index (χ1n) is 5.09. The molecule has 0 aromatic carbocycles. The fourth-order valence-corrected chi connectivity index (χ4v) is 1.15. The van der Waals surface area contributed by atoms with Crippen molar-refractivity contribution in [1.82, 2.24) is 4.98 Å². The Hall–Kier alpha value is -1.13. The molecule has 84 valence electrons. The third kappa shape index (κ3) is 3.49. The third-order valence-corrected chi connectivity index (χ3v) is 1.95. The normalized spacial score (nSPS) is 12.9. The maximum Gasteiger partial charge on any atom is 0.218 e. The van der Waals surface area contributed by atoms with Crippen LogP contribution in [-0.2, 0) is 0 Å². The number of nitrogens with zero attached hydrogens (tertiary/aromatic N) is 1. The van der Waals surface area contributed by atoms with Crippen molar-refractivity contribution in [3.63, 3.8) is 0 Å². The fraction of sp³-hybridized carbons (Fsp3) is 0.545. The number of pyridine rings is 1. The van der Waals surface area contributed by atoms with Crippen molar-refractivity contribution in [2.45, 2.75) is 19.9 Å². The molecule has 3 N–H and O–H groups in total. The van der Waals surface area contributed by atoms with Gasteiger partial charge in [0.05, 0.1) is 19.3 Å². The summed E-state index contributed by atoms with van der Waals surface area (Å²) in [4.78, 5) is 4.11. The molecule has 0 aliphatic heterocycles. The van der Waals surface area contributed by atoms with Crippen LogP contribution in [-0.4, -0.2) is 23.3 Å². The van der Waals surface area contributed by atoms with Crippen LogP contribution in [0.4, 0.5) is 0 Å². The molecule has 0 spiro atoms. The number of aliphatic hydroxyl groups excluding tert-OH is 1.